The molecule has 2 heterocycles. The van der Waals surface area contributed by atoms with Gasteiger partial charge < -0.3 is 9.64 Å². The third-order valence-corrected chi connectivity index (χ3v) is 5.03. The minimum Gasteiger partial charge on any atom is -0.476 e. The average molecular weight is 429 g/mol. The number of pyridine rings is 2. The van der Waals surface area contributed by atoms with Crippen molar-refractivity contribution in [3.8, 4) is 5.88 Å². The van der Waals surface area contributed by atoms with Crippen LogP contribution in [0.3, 0.4) is 0 Å². The van der Waals surface area contributed by atoms with Crippen LogP contribution in [-0.2, 0) is 10.0 Å². The maximum Gasteiger partial charge on any atom is 0.263 e. The molecule has 9 heteroatoms. The number of hydrogen-bond acceptors (Lipinski definition) is 6. The van der Waals surface area contributed by atoms with Gasteiger partial charge in [-0.3, -0.25) is 9.71 Å². The molecule has 0 unspecified atom stereocenters. The zero-order chi connectivity index (χ0) is 18.4. The Labute approximate surface area is 156 Å². The van der Waals surface area contributed by atoms with Gasteiger partial charge in [0.05, 0.1) is 6.61 Å². The summed E-state index contributed by atoms with van der Waals surface area (Å²) in [6.45, 7) is 3.10. The summed E-state index contributed by atoms with van der Waals surface area (Å²) in [7, 11) is 0.183. The number of aryl methyl sites for hydroxylation is 1. The van der Waals surface area contributed by atoms with Crippen LogP contribution >= 0.6 is 15.9 Å². The van der Waals surface area contributed by atoms with Crippen LogP contribution in [0.15, 0.2) is 40.0 Å². The van der Waals surface area contributed by atoms with E-state index in [0.29, 0.717) is 11.1 Å². The molecule has 0 amide bonds. The zero-order valence-electron chi connectivity index (χ0n) is 14.4. The first-order valence-electron chi connectivity index (χ1n) is 7.66. The summed E-state index contributed by atoms with van der Waals surface area (Å²) in [4.78, 5) is 10.3. The monoisotopic (exact) mass is 428 g/mol. The molecule has 25 heavy (non-hydrogen) atoms. The fourth-order valence-corrected chi connectivity index (χ4v) is 3.30. The number of anilines is 1. The first-order chi connectivity index (χ1) is 11.8. The third kappa shape index (κ3) is 5.94. The molecule has 0 spiro atoms. The van der Waals surface area contributed by atoms with E-state index in [2.05, 4.69) is 30.6 Å². The Morgan fingerprint density at radius 2 is 2.00 bits per heavy atom. The number of ether oxygens (including phenoxy) is 1. The molecule has 2 rings (SSSR count). The van der Waals surface area contributed by atoms with Crippen molar-refractivity contribution in [2.24, 2.45) is 0 Å². The summed E-state index contributed by atoms with van der Waals surface area (Å²) < 4.78 is 33.9. The van der Waals surface area contributed by atoms with Gasteiger partial charge in [-0.25, -0.2) is 13.4 Å². The van der Waals surface area contributed by atoms with E-state index in [-0.39, 0.29) is 16.5 Å². The molecule has 2 aromatic heterocycles. The molecule has 0 saturated carbocycles. The van der Waals surface area contributed by atoms with Crippen molar-refractivity contribution in [1.82, 2.24) is 14.9 Å². The van der Waals surface area contributed by atoms with Crippen molar-refractivity contribution >= 4 is 31.6 Å². The van der Waals surface area contributed by atoms with Crippen LogP contribution in [0, 0.1) is 6.92 Å². The lowest BCUT2D eigenvalue weighted by Gasteiger charge is -2.14. The first-order valence-corrected chi connectivity index (χ1v) is 9.94. The fraction of sp³-hybridized carbons (Fsp3) is 0.375. The van der Waals surface area contributed by atoms with Crippen LogP contribution in [0.25, 0.3) is 0 Å². The molecule has 0 atom stereocenters. The van der Waals surface area contributed by atoms with Crippen molar-refractivity contribution in [1.29, 1.82) is 0 Å². The Bertz CT molecular complexity index is 811. The molecule has 0 fully saturated rings. The molecule has 2 aromatic rings. The van der Waals surface area contributed by atoms with E-state index in [0.717, 1.165) is 18.7 Å². The molecule has 136 valence electrons. The predicted octanol–water partition coefficient (Wildman–Crippen LogP) is 2.68. The molecule has 0 saturated heterocycles. The highest BCUT2D eigenvalue weighted by Crippen LogP contribution is 2.27. The molecular weight excluding hydrogens is 408 g/mol. The van der Waals surface area contributed by atoms with E-state index < -0.39 is 10.0 Å². The number of halogens is 1. The summed E-state index contributed by atoms with van der Waals surface area (Å²) >= 11 is 3.30. The van der Waals surface area contributed by atoms with Gasteiger partial charge in [0, 0.05) is 29.1 Å². The van der Waals surface area contributed by atoms with Crippen LogP contribution in [0.5, 0.6) is 5.88 Å². The predicted molar refractivity (Wildman–Crippen MR) is 100 cm³/mol. The molecule has 0 aromatic carbocycles. The SMILES string of the molecule is Cc1ccc(S(=O)(=O)Nc2cc(Br)cnc2OCCCN(C)C)cn1. The largest absolute Gasteiger partial charge is 0.476 e. The van der Waals surface area contributed by atoms with Crippen LogP contribution in [0.1, 0.15) is 12.1 Å². The Kier molecular flexibility index (Phi) is 6.74. The third-order valence-electron chi connectivity index (χ3n) is 3.25. The van der Waals surface area contributed by atoms with E-state index in [1.165, 1.54) is 12.3 Å². The van der Waals surface area contributed by atoms with Crippen LogP contribution in [0.2, 0.25) is 0 Å². The Morgan fingerprint density at radius 1 is 1.24 bits per heavy atom. The highest BCUT2D eigenvalue weighted by molar-refractivity contribution is 9.10. The van der Waals surface area contributed by atoms with Crippen LogP contribution in [0.4, 0.5) is 5.69 Å². The zero-order valence-corrected chi connectivity index (χ0v) is 16.8. The van der Waals surface area contributed by atoms with E-state index in [1.54, 1.807) is 25.3 Å². The summed E-state index contributed by atoms with van der Waals surface area (Å²) in [6.07, 6.45) is 3.69. The minimum atomic E-state index is -3.77. The van der Waals surface area contributed by atoms with Gasteiger partial charge in [-0.05, 0) is 61.6 Å². The second-order valence-corrected chi connectivity index (χ2v) is 8.35. The quantitative estimate of drug-likeness (QED) is 0.650. The Morgan fingerprint density at radius 3 is 2.64 bits per heavy atom. The fourth-order valence-electron chi connectivity index (χ4n) is 1.98. The number of aromatic nitrogens is 2. The van der Waals surface area contributed by atoms with E-state index in [4.69, 9.17) is 4.74 Å². The summed E-state index contributed by atoms with van der Waals surface area (Å²) in [5, 5.41) is 0. The molecule has 0 radical (unpaired) electrons. The normalized spacial score (nSPS) is 11.6. The second kappa shape index (κ2) is 8.59. The topological polar surface area (TPSA) is 84.4 Å². The lowest BCUT2D eigenvalue weighted by molar-refractivity contribution is 0.274. The van der Waals surface area contributed by atoms with E-state index >= 15 is 0 Å². The molecule has 0 bridgehead atoms. The van der Waals surface area contributed by atoms with Crippen molar-refractivity contribution in [2.75, 3.05) is 32.0 Å². The van der Waals surface area contributed by atoms with Crippen LogP contribution < -0.4 is 9.46 Å². The number of rotatable bonds is 8. The van der Waals surface area contributed by atoms with Gasteiger partial charge in [-0.15, -0.1) is 0 Å². The van der Waals surface area contributed by atoms with Crippen molar-refractivity contribution in [3.63, 3.8) is 0 Å². The van der Waals surface area contributed by atoms with Crippen molar-refractivity contribution in [2.45, 2.75) is 18.2 Å². The van der Waals surface area contributed by atoms with Gasteiger partial charge in [0.1, 0.15) is 10.6 Å². The summed E-state index contributed by atoms with van der Waals surface area (Å²) in [6, 6.07) is 4.77. The molecular formula is C16H21BrN4O3S. The summed E-state index contributed by atoms with van der Waals surface area (Å²) in [5.41, 5.74) is 1.02. The Balaban J connectivity index is 2.17. The second-order valence-electron chi connectivity index (χ2n) is 5.75. The lowest BCUT2D eigenvalue weighted by Crippen LogP contribution is -2.17. The van der Waals surface area contributed by atoms with Gasteiger partial charge in [-0.2, -0.15) is 0 Å². The van der Waals surface area contributed by atoms with Gasteiger partial charge >= 0.3 is 0 Å². The molecule has 0 aliphatic carbocycles. The van der Waals surface area contributed by atoms with Crippen molar-refractivity contribution < 1.29 is 13.2 Å². The highest BCUT2D eigenvalue weighted by Gasteiger charge is 2.18. The first kappa shape index (κ1) is 19.6. The number of hydrogen-bond donors (Lipinski definition) is 1. The van der Waals surface area contributed by atoms with E-state index in [9.17, 15) is 8.42 Å². The minimum absolute atomic E-state index is 0.0802. The number of sulfonamides is 1. The number of nitrogens with one attached hydrogen (secondary N) is 1. The van der Waals surface area contributed by atoms with Gasteiger partial charge in [-0.1, -0.05) is 0 Å². The molecule has 7 nitrogen and oxygen atoms in total. The molecule has 0 aliphatic heterocycles. The maximum atomic E-state index is 12.5. The standard InChI is InChI=1S/C16H21BrN4O3S/c1-12-5-6-14(11-18-12)25(22,23)20-15-9-13(17)10-19-16(15)24-8-4-7-21(2)3/h5-6,9-11,20H,4,7-8H2,1-3H3. The van der Waals surface area contributed by atoms with Crippen molar-refractivity contribution in [3.05, 3.63) is 40.8 Å². The number of nitrogens with zero attached hydrogens (tertiary/aromatic N) is 3. The maximum absolute atomic E-state index is 12.5. The Hall–Kier alpha value is -1.71. The highest BCUT2D eigenvalue weighted by atomic mass is 79.9. The average Bonchev–Trinajstić information content (AvgIpc) is 2.53. The van der Waals surface area contributed by atoms with Gasteiger partial charge in [0.2, 0.25) is 5.88 Å². The van der Waals surface area contributed by atoms with Gasteiger partial charge in [0.25, 0.3) is 10.0 Å². The summed E-state index contributed by atoms with van der Waals surface area (Å²) in [5.74, 6) is 0.241. The molecule has 0 aliphatic rings. The lowest BCUT2D eigenvalue weighted by atomic mass is 10.4. The molecule has 1 N–H and O–H groups in total. The van der Waals surface area contributed by atoms with Crippen LogP contribution in [-0.4, -0.2) is 50.5 Å². The van der Waals surface area contributed by atoms with Gasteiger partial charge in [0.15, 0.2) is 0 Å². The smallest absolute Gasteiger partial charge is 0.263 e. The van der Waals surface area contributed by atoms with E-state index in [1.807, 2.05) is 19.0 Å².